The normalized spacial score (nSPS) is 19.7. The summed E-state index contributed by atoms with van der Waals surface area (Å²) < 4.78 is 24.0. The predicted molar refractivity (Wildman–Crippen MR) is 90.0 cm³/mol. The number of hydrogen-bond acceptors (Lipinski definition) is 4. The van der Waals surface area contributed by atoms with Crippen molar-refractivity contribution in [2.24, 2.45) is 0 Å². The highest BCUT2D eigenvalue weighted by Gasteiger charge is 2.39. The molecule has 0 bridgehead atoms. The molecule has 2 aromatic carbocycles. The highest BCUT2D eigenvalue weighted by molar-refractivity contribution is 5.78. The molecule has 6 heteroatoms. The Morgan fingerprint density at radius 2 is 1.88 bits per heavy atom. The molecule has 0 radical (unpaired) electrons. The maximum absolute atomic E-state index is 13.1. The SMILES string of the molecule is O=C(COc1cccc(F)c1)N1CCC(O)(COc2ccccc2)C1. The largest absolute Gasteiger partial charge is 0.491 e. The molecule has 25 heavy (non-hydrogen) atoms. The number of amides is 1. The minimum atomic E-state index is -1.08. The van der Waals surface area contributed by atoms with Gasteiger partial charge in [0, 0.05) is 12.6 Å². The van der Waals surface area contributed by atoms with E-state index in [4.69, 9.17) is 9.47 Å². The van der Waals surface area contributed by atoms with Gasteiger partial charge in [0.2, 0.25) is 0 Å². The first-order chi connectivity index (χ1) is 12.0. The summed E-state index contributed by atoms with van der Waals surface area (Å²) in [5.41, 5.74) is -1.08. The van der Waals surface area contributed by atoms with Crippen LogP contribution in [0.4, 0.5) is 4.39 Å². The molecule has 1 atom stereocenters. The number of aliphatic hydroxyl groups is 1. The van der Waals surface area contributed by atoms with E-state index in [1.807, 2.05) is 30.3 Å². The summed E-state index contributed by atoms with van der Waals surface area (Å²) in [7, 11) is 0. The molecule has 2 aromatic rings. The minimum Gasteiger partial charge on any atom is -0.491 e. The first-order valence-corrected chi connectivity index (χ1v) is 8.10. The van der Waals surface area contributed by atoms with Crippen LogP contribution in [0, 0.1) is 5.82 Å². The Morgan fingerprint density at radius 3 is 2.64 bits per heavy atom. The maximum atomic E-state index is 13.1. The van der Waals surface area contributed by atoms with E-state index in [9.17, 15) is 14.3 Å². The topological polar surface area (TPSA) is 59.0 Å². The van der Waals surface area contributed by atoms with Crippen LogP contribution < -0.4 is 9.47 Å². The van der Waals surface area contributed by atoms with E-state index in [1.54, 1.807) is 6.07 Å². The van der Waals surface area contributed by atoms with Crippen molar-refractivity contribution >= 4 is 5.91 Å². The van der Waals surface area contributed by atoms with Crippen molar-refractivity contribution in [1.29, 1.82) is 0 Å². The Hall–Kier alpha value is -2.60. The van der Waals surface area contributed by atoms with Crippen molar-refractivity contribution in [2.45, 2.75) is 12.0 Å². The minimum absolute atomic E-state index is 0.117. The monoisotopic (exact) mass is 345 g/mol. The van der Waals surface area contributed by atoms with Gasteiger partial charge >= 0.3 is 0 Å². The number of nitrogens with zero attached hydrogens (tertiary/aromatic N) is 1. The summed E-state index contributed by atoms with van der Waals surface area (Å²) in [6.45, 7) is 0.537. The Bertz CT molecular complexity index is 724. The van der Waals surface area contributed by atoms with Crippen molar-refractivity contribution < 1.29 is 23.8 Å². The Balaban J connectivity index is 1.48. The Labute approximate surface area is 145 Å². The summed E-state index contributed by atoms with van der Waals surface area (Å²) in [6, 6.07) is 14.9. The molecule has 0 aromatic heterocycles. The van der Waals surface area contributed by atoms with Gasteiger partial charge in [0.1, 0.15) is 29.5 Å². The lowest BCUT2D eigenvalue weighted by Crippen LogP contribution is -2.41. The van der Waals surface area contributed by atoms with Gasteiger partial charge in [-0.2, -0.15) is 0 Å². The average Bonchev–Trinajstić information content (AvgIpc) is 3.02. The van der Waals surface area contributed by atoms with Gasteiger partial charge in [0.15, 0.2) is 6.61 Å². The summed E-state index contributed by atoms with van der Waals surface area (Å²) in [5.74, 6) is 0.309. The number of para-hydroxylation sites is 1. The van der Waals surface area contributed by atoms with E-state index in [0.717, 1.165) is 0 Å². The summed E-state index contributed by atoms with van der Waals surface area (Å²) >= 11 is 0. The zero-order valence-electron chi connectivity index (χ0n) is 13.7. The van der Waals surface area contributed by atoms with E-state index in [1.165, 1.54) is 23.1 Å². The second-order valence-corrected chi connectivity index (χ2v) is 6.14. The average molecular weight is 345 g/mol. The molecule has 1 heterocycles. The van der Waals surface area contributed by atoms with Gasteiger partial charge in [0.05, 0.1) is 6.54 Å². The third kappa shape index (κ3) is 4.70. The maximum Gasteiger partial charge on any atom is 0.260 e. The molecule has 0 spiro atoms. The number of carbonyl (C=O) groups is 1. The van der Waals surface area contributed by atoms with E-state index < -0.39 is 11.4 Å². The quantitative estimate of drug-likeness (QED) is 0.872. The van der Waals surface area contributed by atoms with E-state index in [0.29, 0.717) is 24.5 Å². The number of likely N-dealkylation sites (tertiary alicyclic amines) is 1. The standard InChI is InChI=1S/C19H20FNO4/c20-15-5-4-8-17(11-15)24-12-18(22)21-10-9-19(23,13-21)14-25-16-6-2-1-3-7-16/h1-8,11,23H,9-10,12-14H2. The lowest BCUT2D eigenvalue weighted by atomic mass is 10.1. The molecule has 3 rings (SSSR count). The van der Waals surface area contributed by atoms with Crippen LogP contribution >= 0.6 is 0 Å². The molecule has 1 unspecified atom stereocenters. The van der Waals surface area contributed by atoms with Gasteiger partial charge in [-0.1, -0.05) is 24.3 Å². The lowest BCUT2D eigenvalue weighted by molar-refractivity contribution is -0.133. The first-order valence-electron chi connectivity index (χ1n) is 8.10. The highest BCUT2D eigenvalue weighted by atomic mass is 19.1. The zero-order valence-corrected chi connectivity index (χ0v) is 13.7. The number of benzene rings is 2. The van der Waals surface area contributed by atoms with Crippen molar-refractivity contribution in [2.75, 3.05) is 26.3 Å². The molecular weight excluding hydrogens is 325 g/mol. The predicted octanol–water partition coefficient (Wildman–Crippen LogP) is 2.25. The van der Waals surface area contributed by atoms with Gasteiger partial charge in [-0.05, 0) is 30.7 Å². The van der Waals surface area contributed by atoms with Crippen LogP contribution in [0.2, 0.25) is 0 Å². The summed E-state index contributed by atoms with van der Waals surface area (Å²) in [5, 5.41) is 10.6. The van der Waals surface area contributed by atoms with Gasteiger partial charge in [-0.3, -0.25) is 4.79 Å². The van der Waals surface area contributed by atoms with Crippen molar-refractivity contribution in [3.05, 3.63) is 60.4 Å². The number of halogens is 1. The van der Waals surface area contributed by atoms with Crippen LogP contribution in [0.15, 0.2) is 54.6 Å². The smallest absolute Gasteiger partial charge is 0.260 e. The van der Waals surface area contributed by atoms with Gasteiger partial charge in [-0.25, -0.2) is 4.39 Å². The molecular formula is C19H20FNO4. The van der Waals surface area contributed by atoms with E-state index in [2.05, 4.69) is 0 Å². The van der Waals surface area contributed by atoms with Crippen LogP contribution in [0.5, 0.6) is 11.5 Å². The second kappa shape index (κ2) is 7.53. The third-order valence-electron chi connectivity index (χ3n) is 4.09. The van der Waals surface area contributed by atoms with Gasteiger partial charge in [-0.15, -0.1) is 0 Å². The van der Waals surface area contributed by atoms with E-state index >= 15 is 0 Å². The molecule has 1 aliphatic heterocycles. The van der Waals surface area contributed by atoms with Crippen LogP contribution in [-0.2, 0) is 4.79 Å². The first kappa shape index (κ1) is 17.2. The molecule has 0 aliphatic carbocycles. The molecule has 1 saturated heterocycles. The summed E-state index contributed by atoms with van der Waals surface area (Å²) in [4.78, 5) is 13.8. The molecule has 5 nitrogen and oxygen atoms in total. The van der Waals surface area contributed by atoms with Gasteiger partial charge < -0.3 is 19.5 Å². The molecule has 1 amide bonds. The second-order valence-electron chi connectivity index (χ2n) is 6.14. The fraction of sp³-hybridized carbons (Fsp3) is 0.316. The van der Waals surface area contributed by atoms with Crippen molar-refractivity contribution in [3.63, 3.8) is 0 Å². The molecule has 1 N–H and O–H groups in total. The third-order valence-corrected chi connectivity index (χ3v) is 4.09. The molecule has 132 valence electrons. The zero-order chi connectivity index (χ0) is 17.7. The number of rotatable bonds is 6. The molecule has 1 fully saturated rings. The highest BCUT2D eigenvalue weighted by Crippen LogP contribution is 2.23. The molecule has 0 saturated carbocycles. The van der Waals surface area contributed by atoms with Crippen molar-refractivity contribution in [3.8, 4) is 11.5 Å². The van der Waals surface area contributed by atoms with Crippen LogP contribution in [0.25, 0.3) is 0 Å². The van der Waals surface area contributed by atoms with Crippen LogP contribution in [0.1, 0.15) is 6.42 Å². The van der Waals surface area contributed by atoms with Gasteiger partial charge in [0.25, 0.3) is 5.91 Å². The summed E-state index contributed by atoms with van der Waals surface area (Å²) in [6.07, 6.45) is 0.436. The Morgan fingerprint density at radius 1 is 1.12 bits per heavy atom. The number of ether oxygens (including phenoxy) is 2. The van der Waals surface area contributed by atoms with Crippen LogP contribution in [-0.4, -0.2) is 47.8 Å². The Kier molecular flexibility index (Phi) is 5.19. The number of carbonyl (C=O) groups excluding carboxylic acids is 1. The number of hydrogen-bond donors (Lipinski definition) is 1. The number of β-amino-alcohol motifs (C(OH)–C–C–N with tert-alkyl or cyclic N) is 1. The van der Waals surface area contributed by atoms with Crippen LogP contribution in [0.3, 0.4) is 0 Å². The fourth-order valence-electron chi connectivity index (χ4n) is 2.71. The molecule has 1 aliphatic rings. The van der Waals surface area contributed by atoms with E-state index in [-0.39, 0.29) is 25.7 Å². The lowest BCUT2D eigenvalue weighted by Gasteiger charge is -2.23. The fourth-order valence-corrected chi connectivity index (χ4v) is 2.71. The van der Waals surface area contributed by atoms with Crippen molar-refractivity contribution in [1.82, 2.24) is 4.90 Å².